The van der Waals surface area contributed by atoms with Crippen LogP contribution in [0.1, 0.15) is 109 Å². The molecule has 0 aliphatic carbocycles. The van der Waals surface area contributed by atoms with Crippen molar-refractivity contribution in [3.8, 4) is 5.75 Å². The molecule has 0 bridgehead atoms. The molecule has 1 rings (SSSR count). The summed E-state index contributed by atoms with van der Waals surface area (Å²) >= 11 is 5.34. The highest BCUT2D eigenvalue weighted by Gasteiger charge is 2.00. The summed E-state index contributed by atoms with van der Waals surface area (Å²) in [5.41, 5.74) is 1.34. The normalized spacial score (nSPS) is 10.9. The summed E-state index contributed by atoms with van der Waals surface area (Å²) in [6.07, 6.45) is 20.2. The van der Waals surface area contributed by atoms with E-state index in [4.69, 9.17) is 16.3 Å². The van der Waals surface area contributed by atoms with E-state index in [0.717, 1.165) is 12.2 Å². The summed E-state index contributed by atoms with van der Waals surface area (Å²) in [5.74, 6) is 0.897. The Kier molecular flexibility index (Phi) is 16.1. The summed E-state index contributed by atoms with van der Waals surface area (Å²) < 4.78 is 5.71. The lowest BCUT2D eigenvalue weighted by Crippen LogP contribution is -2.00. The molecule has 0 saturated carbocycles. The van der Waals surface area contributed by atoms with Crippen LogP contribution in [0.25, 0.3) is 0 Å². The van der Waals surface area contributed by atoms with E-state index in [-0.39, 0.29) is 5.24 Å². The molecule has 0 saturated heterocycles. The molecule has 0 atom stereocenters. The minimum Gasteiger partial charge on any atom is -0.494 e. The van der Waals surface area contributed by atoms with Crippen molar-refractivity contribution in [1.82, 2.24) is 0 Å². The number of aryl methyl sites for hydroxylation is 1. The predicted octanol–water partition coefficient (Wildman–Crippen LogP) is 8.24. The van der Waals surface area contributed by atoms with Gasteiger partial charge in [-0.2, -0.15) is 0 Å². The molecule has 0 heterocycles. The van der Waals surface area contributed by atoms with Gasteiger partial charge in [-0.05, 0) is 48.6 Å². The third kappa shape index (κ3) is 15.0. The zero-order valence-corrected chi connectivity index (χ0v) is 18.8. The second-order valence-electron chi connectivity index (χ2n) is 7.95. The second-order valence-corrected chi connectivity index (χ2v) is 8.37. The van der Waals surface area contributed by atoms with E-state index in [1.54, 1.807) is 0 Å². The lowest BCUT2D eigenvalue weighted by atomic mass is 10.0. The zero-order chi connectivity index (χ0) is 20.3. The summed E-state index contributed by atoms with van der Waals surface area (Å²) in [6.45, 7) is 2.82. The molecule has 0 unspecified atom stereocenters. The molecule has 0 N–H and O–H groups in total. The Morgan fingerprint density at radius 3 is 1.96 bits per heavy atom. The Hall–Kier alpha value is -1.02. The first-order valence-corrected chi connectivity index (χ1v) is 12.0. The van der Waals surface area contributed by atoms with Crippen molar-refractivity contribution in [2.45, 2.75) is 110 Å². The first-order valence-electron chi connectivity index (χ1n) is 11.6. The van der Waals surface area contributed by atoms with Crippen LogP contribution < -0.4 is 4.74 Å². The SMILES string of the molecule is CCCCCCCCCCCCCCCc1cccc(OCCCC(=O)Cl)c1. The van der Waals surface area contributed by atoms with Gasteiger partial charge in [0, 0.05) is 6.42 Å². The number of unbranched alkanes of at least 4 members (excludes halogenated alkanes) is 12. The van der Waals surface area contributed by atoms with E-state index in [1.807, 2.05) is 6.07 Å². The van der Waals surface area contributed by atoms with E-state index in [0.29, 0.717) is 19.4 Å². The largest absolute Gasteiger partial charge is 0.494 e. The average molecular weight is 409 g/mol. The molecule has 0 radical (unpaired) electrons. The first kappa shape index (κ1) is 25.0. The number of rotatable bonds is 19. The number of hydrogen-bond acceptors (Lipinski definition) is 2. The van der Waals surface area contributed by atoms with Crippen molar-refractivity contribution in [1.29, 1.82) is 0 Å². The summed E-state index contributed by atoms with van der Waals surface area (Å²) in [5, 5.41) is -0.292. The van der Waals surface area contributed by atoms with E-state index < -0.39 is 0 Å². The highest BCUT2D eigenvalue weighted by atomic mass is 35.5. The fraction of sp³-hybridized carbons (Fsp3) is 0.720. The number of carbonyl (C=O) groups excluding carboxylic acids is 1. The third-order valence-corrected chi connectivity index (χ3v) is 5.44. The Morgan fingerprint density at radius 2 is 1.39 bits per heavy atom. The highest BCUT2D eigenvalue weighted by Crippen LogP contribution is 2.17. The van der Waals surface area contributed by atoms with Crippen molar-refractivity contribution in [2.75, 3.05) is 6.61 Å². The molecule has 2 nitrogen and oxygen atoms in total. The van der Waals surface area contributed by atoms with Gasteiger partial charge >= 0.3 is 0 Å². The van der Waals surface area contributed by atoms with E-state index >= 15 is 0 Å². The van der Waals surface area contributed by atoms with E-state index in [1.165, 1.54) is 89.0 Å². The Bertz CT molecular complexity index is 501. The molecular formula is C25H41ClO2. The molecule has 1 aromatic carbocycles. The molecule has 3 heteroatoms. The van der Waals surface area contributed by atoms with Gasteiger partial charge in [0.25, 0.3) is 0 Å². The predicted molar refractivity (Wildman–Crippen MR) is 121 cm³/mol. The Balaban J connectivity index is 1.96. The van der Waals surface area contributed by atoms with Gasteiger partial charge in [-0.1, -0.05) is 96.1 Å². The van der Waals surface area contributed by atoms with Crippen molar-refractivity contribution in [3.05, 3.63) is 29.8 Å². The maximum absolute atomic E-state index is 10.7. The summed E-state index contributed by atoms with van der Waals surface area (Å²) in [6, 6.07) is 8.34. The van der Waals surface area contributed by atoms with Crippen LogP contribution in [-0.2, 0) is 11.2 Å². The molecular weight excluding hydrogens is 368 g/mol. The number of ether oxygens (including phenoxy) is 1. The van der Waals surface area contributed by atoms with Crippen molar-refractivity contribution in [2.24, 2.45) is 0 Å². The average Bonchev–Trinajstić information content (AvgIpc) is 2.69. The van der Waals surface area contributed by atoms with Crippen LogP contribution in [0.2, 0.25) is 0 Å². The molecule has 0 amide bonds. The second kappa shape index (κ2) is 18.0. The van der Waals surface area contributed by atoms with Crippen molar-refractivity contribution in [3.63, 3.8) is 0 Å². The van der Waals surface area contributed by atoms with Crippen LogP contribution in [0, 0.1) is 0 Å². The van der Waals surface area contributed by atoms with Crippen LogP contribution in [0.5, 0.6) is 5.75 Å². The summed E-state index contributed by atoms with van der Waals surface area (Å²) in [7, 11) is 0. The number of benzene rings is 1. The van der Waals surface area contributed by atoms with Gasteiger partial charge < -0.3 is 4.74 Å². The first-order chi connectivity index (χ1) is 13.7. The monoisotopic (exact) mass is 408 g/mol. The fourth-order valence-corrected chi connectivity index (χ4v) is 3.67. The van der Waals surface area contributed by atoms with Crippen molar-refractivity contribution < 1.29 is 9.53 Å². The topological polar surface area (TPSA) is 26.3 Å². The zero-order valence-electron chi connectivity index (χ0n) is 18.0. The quantitative estimate of drug-likeness (QED) is 0.170. The lowest BCUT2D eigenvalue weighted by Gasteiger charge is -2.08. The van der Waals surface area contributed by atoms with Crippen LogP contribution in [0.3, 0.4) is 0 Å². The Labute approximate surface area is 178 Å². The minimum absolute atomic E-state index is 0.292. The number of halogens is 1. The minimum atomic E-state index is -0.292. The van der Waals surface area contributed by atoms with Gasteiger partial charge in [-0.3, -0.25) is 4.79 Å². The summed E-state index contributed by atoms with van der Waals surface area (Å²) in [4.78, 5) is 10.7. The molecule has 160 valence electrons. The molecule has 0 fully saturated rings. The standard InChI is InChI=1S/C25H41ClO2/c1-2-3-4-5-6-7-8-9-10-11-12-13-14-17-23-18-15-19-24(22-23)28-21-16-20-25(26)27/h15,18-19,22H,2-14,16-17,20-21H2,1H3. The fourth-order valence-electron chi connectivity index (χ4n) is 3.54. The van der Waals surface area contributed by atoms with E-state index in [9.17, 15) is 4.79 Å². The van der Waals surface area contributed by atoms with Crippen LogP contribution in [0.15, 0.2) is 24.3 Å². The maximum atomic E-state index is 10.7. The van der Waals surface area contributed by atoms with Crippen molar-refractivity contribution >= 4 is 16.8 Å². The van der Waals surface area contributed by atoms with E-state index in [2.05, 4.69) is 25.1 Å². The van der Waals surface area contributed by atoms with Crippen LogP contribution >= 0.6 is 11.6 Å². The third-order valence-electron chi connectivity index (χ3n) is 5.25. The molecule has 1 aromatic rings. The van der Waals surface area contributed by atoms with Gasteiger partial charge in [0.1, 0.15) is 5.75 Å². The molecule has 0 aliphatic heterocycles. The molecule has 0 aliphatic rings. The molecule has 28 heavy (non-hydrogen) atoms. The van der Waals surface area contributed by atoms with Gasteiger partial charge in [-0.25, -0.2) is 0 Å². The Morgan fingerprint density at radius 1 is 0.821 bits per heavy atom. The molecule has 0 spiro atoms. The van der Waals surface area contributed by atoms with Gasteiger partial charge in [0.05, 0.1) is 6.61 Å². The van der Waals surface area contributed by atoms with Gasteiger partial charge in [-0.15, -0.1) is 0 Å². The smallest absolute Gasteiger partial charge is 0.221 e. The number of hydrogen-bond donors (Lipinski definition) is 0. The maximum Gasteiger partial charge on any atom is 0.221 e. The molecule has 0 aromatic heterocycles. The van der Waals surface area contributed by atoms with Gasteiger partial charge in [0.15, 0.2) is 0 Å². The lowest BCUT2D eigenvalue weighted by molar-refractivity contribution is -0.111. The highest BCUT2D eigenvalue weighted by molar-refractivity contribution is 6.63. The number of carbonyl (C=O) groups is 1. The van der Waals surface area contributed by atoms with Crippen LogP contribution in [-0.4, -0.2) is 11.8 Å². The van der Waals surface area contributed by atoms with Crippen LogP contribution in [0.4, 0.5) is 0 Å². The van der Waals surface area contributed by atoms with Gasteiger partial charge in [0.2, 0.25) is 5.24 Å².